The smallest absolute Gasteiger partial charge is 0.266 e. The molecule has 1 heterocycles. The molecule has 0 radical (unpaired) electrons. The quantitative estimate of drug-likeness (QED) is 0.0325. The normalized spacial score (nSPS) is 16.4. The Kier molecular flexibility index (Phi) is 12.1. The topological polar surface area (TPSA) is 141 Å². The maximum Gasteiger partial charge on any atom is 0.266 e. The SMILES string of the molecule is [N-]=[N+]=NCc1ccccc1C[C@]1(C(=O)NNCc2ccc(Cl)c(Cl)c2)N=C(c2ccc(OCCCO)cc2)O[C@H]1c1ccc(-c2ccccc2)cc1. The Balaban J connectivity index is 1.41. The Morgan fingerprint density at radius 2 is 1.58 bits per heavy atom. The lowest BCUT2D eigenvalue weighted by molar-refractivity contribution is -0.130. The lowest BCUT2D eigenvalue weighted by Crippen LogP contribution is -2.53. The molecule has 3 N–H and O–H groups in total. The van der Waals surface area contributed by atoms with Crippen LogP contribution in [0, 0.1) is 0 Å². The van der Waals surface area contributed by atoms with Crippen LogP contribution in [0.1, 0.15) is 40.3 Å². The molecule has 1 aliphatic heterocycles. The number of nitrogens with zero attached hydrogens (tertiary/aromatic N) is 4. The number of hydrogen-bond donors (Lipinski definition) is 3. The summed E-state index contributed by atoms with van der Waals surface area (Å²) in [5.74, 6) is 0.486. The van der Waals surface area contributed by atoms with Crippen LogP contribution in [-0.2, 0) is 29.0 Å². The van der Waals surface area contributed by atoms with Crippen LogP contribution in [0.3, 0.4) is 0 Å². The molecule has 2 atom stereocenters. The zero-order chi connectivity index (χ0) is 36.3. The molecule has 0 unspecified atom stereocenters. The summed E-state index contributed by atoms with van der Waals surface area (Å²) in [6.45, 7) is 0.778. The number of halogens is 2. The molecule has 6 rings (SSSR count). The molecule has 0 aliphatic carbocycles. The van der Waals surface area contributed by atoms with E-state index in [4.69, 9.17) is 48.3 Å². The van der Waals surface area contributed by atoms with Gasteiger partial charge in [-0.2, -0.15) is 0 Å². The molecular weight excluding hydrogens is 699 g/mol. The molecule has 1 amide bonds. The van der Waals surface area contributed by atoms with Crippen molar-refractivity contribution in [1.82, 2.24) is 10.9 Å². The third-order valence-electron chi connectivity index (χ3n) is 8.71. The molecule has 0 aromatic heterocycles. The van der Waals surface area contributed by atoms with Gasteiger partial charge in [0.15, 0.2) is 11.6 Å². The van der Waals surface area contributed by atoms with Crippen LogP contribution in [0.4, 0.5) is 0 Å². The lowest BCUT2D eigenvalue weighted by Gasteiger charge is -2.31. The van der Waals surface area contributed by atoms with Gasteiger partial charge in [0.1, 0.15) is 5.75 Å². The molecule has 1 aliphatic rings. The van der Waals surface area contributed by atoms with Crippen LogP contribution >= 0.6 is 23.2 Å². The summed E-state index contributed by atoms with van der Waals surface area (Å²) < 4.78 is 12.5. The summed E-state index contributed by atoms with van der Waals surface area (Å²) in [5.41, 5.74) is 19.4. The first-order valence-corrected chi connectivity index (χ1v) is 17.5. The Hall–Kier alpha value is -5.35. The number of hydrazine groups is 1. The van der Waals surface area contributed by atoms with Crippen molar-refractivity contribution < 1.29 is 19.4 Å². The second kappa shape index (κ2) is 17.2. The number of aliphatic hydroxyl groups excluding tert-OH is 1. The maximum atomic E-state index is 14.7. The van der Waals surface area contributed by atoms with Crippen LogP contribution in [0.25, 0.3) is 21.6 Å². The van der Waals surface area contributed by atoms with E-state index in [0.29, 0.717) is 34.4 Å². The van der Waals surface area contributed by atoms with Crippen molar-refractivity contribution in [1.29, 1.82) is 0 Å². The van der Waals surface area contributed by atoms with E-state index in [2.05, 4.69) is 20.9 Å². The molecule has 52 heavy (non-hydrogen) atoms. The molecule has 0 bridgehead atoms. The van der Waals surface area contributed by atoms with Gasteiger partial charge in [-0.05, 0) is 75.3 Å². The highest BCUT2D eigenvalue weighted by Crippen LogP contribution is 2.43. The Morgan fingerprint density at radius 3 is 2.29 bits per heavy atom. The summed E-state index contributed by atoms with van der Waals surface area (Å²) in [6, 6.07) is 38.0. The molecule has 0 saturated heterocycles. The first kappa shape index (κ1) is 36.4. The second-order valence-corrected chi connectivity index (χ2v) is 13.0. The van der Waals surface area contributed by atoms with Gasteiger partial charge in [-0.3, -0.25) is 10.2 Å². The maximum absolute atomic E-state index is 14.7. The summed E-state index contributed by atoms with van der Waals surface area (Å²) in [6.07, 6.45) is -0.214. The molecule has 0 spiro atoms. The van der Waals surface area contributed by atoms with Gasteiger partial charge in [-0.1, -0.05) is 113 Å². The van der Waals surface area contributed by atoms with Crippen LogP contribution in [0.2, 0.25) is 10.0 Å². The first-order chi connectivity index (χ1) is 25.4. The van der Waals surface area contributed by atoms with Crippen molar-refractivity contribution in [2.75, 3.05) is 13.2 Å². The van der Waals surface area contributed by atoms with Crippen LogP contribution in [-0.4, -0.2) is 35.7 Å². The number of hydrogen-bond acceptors (Lipinski definition) is 7. The van der Waals surface area contributed by atoms with E-state index in [9.17, 15) is 4.79 Å². The van der Waals surface area contributed by atoms with Crippen molar-refractivity contribution in [2.24, 2.45) is 10.1 Å². The summed E-state index contributed by atoms with van der Waals surface area (Å²) in [7, 11) is 0. The van der Waals surface area contributed by atoms with Gasteiger partial charge in [-0.15, -0.1) is 0 Å². The molecule has 5 aromatic rings. The van der Waals surface area contributed by atoms with Gasteiger partial charge in [0, 0.05) is 36.5 Å². The van der Waals surface area contributed by atoms with E-state index >= 15 is 0 Å². The fourth-order valence-electron chi connectivity index (χ4n) is 6.03. The van der Waals surface area contributed by atoms with Gasteiger partial charge >= 0.3 is 0 Å². The number of benzene rings is 5. The van der Waals surface area contributed by atoms with E-state index in [1.165, 1.54) is 0 Å². The number of ether oxygens (including phenoxy) is 2. The largest absolute Gasteiger partial charge is 0.494 e. The van der Waals surface area contributed by atoms with Gasteiger partial charge < -0.3 is 14.6 Å². The fraction of sp³-hybridized carbons (Fsp3) is 0.200. The standard InChI is InChI=1S/C40H36Cl2N6O4/c41-35-20-11-27(23-36(35)42)25-44-47-39(50)40(24-32-9-4-5-10-33(32)26-45-48-43)37(30-14-12-29(13-15-30)28-7-2-1-3-8-28)52-38(46-40)31-16-18-34(19-17-31)51-22-6-21-49/h1-5,7-20,23,37,44,49H,6,21-22,24-26H2,(H,47,50)/t37-,40-/m0/s1. The lowest BCUT2D eigenvalue weighted by atomic mass is 9.80. The number of nitrogens with one attached hydrogen (secondary N) is 2. The van der Waals surface area contributed by atoms with Gasteiger partial charge in [0.25, 0.3) is 5.91 Å². The predicted octanol–water partition coefficient (Wildman–Crippen LogP) is 8.55. The minimum absolute atomic E-state index is 0.0366. The number of aliphatic imine (C=N–C) groups is 1. The Labute approximate surface area is 311 Å². The second-order valence-electron chi connectivity index (χ2n) is 12.2. The number of rotatable bonds is 15. The Morgan fingerprint density at radius 1 is 0.885 bits per heavy atom. The van der Waals surface area contributed by atoms with Crippen molar-refractivity contribution in [3.8, 4) is 16.9 Å². The zero-order valence-electron chi connectivity index (χ0n) is 28.1. The average molecular weight is 736 g/mol. The summed E-state index contributed by atoms with van der Waals surface area (Å²) in [5, 5.41) is 13.8. The van der Waals surface area contributed by atoms with Gasteiger partial charge in [-0.25, -0.2) is 10.4 Å². The number of carbonyl (C=O) groups excluding carboxylic acids is 1. The van der Waals surface area contributed by atoms with Crippen LogP contribution < -0.4 is 15.6 Å². The van der Waals surface area contributed by atoms with Gasteiger partial charge in [0.2, 0.25) is 5.90 Å². The molecule has 10 nitrogen and oxygen atoms in total. The van der Waals surface area contributed by atoms with Gasteiger partial charge in [0.05, 0.1) is 23.2 Å². The minimum Gasteiger partial charge on any atom is -0.494 e. The fourth-order valence-corrected chi connectivity index (χ4v) is 6.35. The monoisotopic (exact) mass is 734 g/mol. The van der Waals surface area contributed by atoms with Crippen molar-refractivity contribution >= 4 is 35.0 Å². The van der Waals surface area contributed by atoms with Crippen molar-refractivity contribution in [2.45, 2.75) is 37.6 Å². The van der Waals surface area contributed by atoms with E-state index in [1.54, 1.807) is 24.3 Å². The molecule has 5 aromatic carbocycles. The zero-order valence-corrected chi connectivity index (χ0v) is 29.6. The molecule has 264 valence electrons. The van der Waals surface area contributed by atoms with Crippen molar-refractivity contribution in [3.05, 3.63) is 170 Å². The van der Waals surface area contributed by atoms with Crippen LogP contribution in [0.5, 0.6) is 5.75 Å². The molecular formula is C40H36Cl2N6O4. The van der Waals surface area contributed by atoms with E-state index in [0.717, 1.165) is 33.4 Å². The number of aliphatic hydroxyl groups is 1. The highest BCUT2D eigenvalue weighted by atomic mass is 35.5. The average Bonchev–Trinajstić information content (AvgIpc) is 3.57. The van der Waals surface area contributed by atoms with E-state index < -0.39 is 17.6 Å². The third kappa shape index (κ3) is 8.57. The Bertz CT molecular complexity index is 2070. The van der Waals surface area contributed by atoms with E-state index in [-0.39, 0.29) is 32.0 Å². The third-order valence-corrected chi connectivity index (χ3v) is 9.45. The number of amides is 1. The van der Waals surface area contributed by atoms with Crippen LogP contribution in [0.15, 0.2) is 131 Å². The highest BCUT2D eigenvalue weighted by Gasteiger charge is 2.53. The molecule has 0 saturated carbocycles. The predicted molar refractivity (Wildman–Crippen MR) is 203 cm³/mol. The first-order valence-electron chi connectivity index (χ1n) is 16.7. The molecule has 0 fully saturated rings. The molecule has 12 heteroatoms. The van der Waals surface area contributed by atoms with E-state index in [1.807, 2.05) is 97.1 Å². The summed E-state index contributed by atoms with van der Waals surface area (Å²) in [4.78, 5) is 22.8. The minimum atomic E-state index is -1.52. The number of carbonyl (C=O) groups is 1. The van der Waals surface area contributed by atoms with Crippen molar-refractivity contribution in [3.63, 3.8) is 0 Å². The number of azide groups is 1. The highest BCUT2D eigenvalue weighted by molar-refractivity contribution is 6.42. The summed E-state index contributed by atoms with van der Waals surface area (Å²) >= 11 is 12.4.